The topological polar surface area (TPSA) is 75.7 Å². The van der Waals surface area contributed by atoms with E-state index < -0.39 is 10.0 Å². The van der Waals surface area contributed by atoms with Crippen LogP contribution in [0, 0.1) is 0 Å². The molecule has 0 radical (unpaired) electrons. The van der Waals surface area contributed by atoms with Crippen LogP contribution >= 0.6 is 0 Å². The van der Waals surface area contributed by atoms with Gasteiger partial charge in [-0.25, -0.2) is 8.42 Å². The van der Waals surface area contributed by atoms with Gasteiger partial charge in [-0.2, -0.15) is 4.31 Å². The normalized spacial score (nSPS) is 19.7. The Bertz CT molecular complexity index is 658. The van der Waals surface area contributed by atoms with Gasteiger partial charge in [-0.3, -0.25) is 4.79 Å². The van der Waals surface area contributed by atoms with Gasteiger partial charge in [0, 0.05) is 25.6 Å². The van der Waals surface area contributed by atoms with Crippen LogP contribution in [0.3, 0.4) is 0 Å². The smallest absolute Gasteiger partial charge is 0.243 e. The van der Waals surface area contributed by atoms with E-state index in [0.29, 0.717) is 18.0 Å². The summed E-state index contributed by atoms with van der Waals surface area (Å²) < 4.78 is 32.3. The minimum atomic E-state index is -3.55. The highest BCUT2D eigenvalue weighted by Gasteiger charge is 2.31. The molecular weight excluding hydrogens is 304 g/mol. The van der Waals surface area contributed by atoms with Crippen LogP contribution < -0.4 is 10.1 Å². The van der Waals surface area contributed by atoms with Crippen LogP contribution in [0.1, 0.15) is 33.1 Å². The third-order valence-corrected chi connectivity index (χ3v) is 5.84. The average molecular weight is 326 g/mol. The van der Waals surface area contributed by atoms with E-state index in [9.17, 15) is 13.2 Å². The molecule has 1 aromatic rings. The molecule has 1 N–H and O–H groups in total. The van der Waals surface area contributed by atoms with Gasteiger partial charge in [0.15, 0.2) is 0 Å². The summed E-state index contributed by atoms with van der Waals surface area (Å²) in [5.41, 5.74) is 0.459. The number of ether oxygens (including phenoxy) is 1. The SMILES string of the molecule is COc1cc(S(=O)(=O)N2CCCCC2C)ccc1NC(C)=O. The van der Waals surface area contributed by atoms with E-state index in [1.54, 1.807) is 10.4 Å². The molecular formula is C15H22N2O4S. The number of hydrogen-bond donors (Lipinski definition) is 1. The van der Waals surface area contributed by atoms with Crippen molar-refractivity contribution in [2.45, 2.75) is 44.0 Å². The number of hydrogen-bond acceptors (Lipinski definition) is 4. The predicted molar refractivity (Wildman–Crippen MR) is 84.5 cm³/mol. The lowest BCUT2D eigenvalue weighted by Crippen LogP contribution is -2.41. The lowest BCUT2D eigenvalue weighted by Gasteiger charge is -2.32. The summed E-state index contributed by atoms with van der Waals surface area (Å²) in [4.78, 5) is 11.3. The third-order valence-electron chi connectivity index (χ3n) is 3.83. The van der Waals surface area contributed by atoms with Gasteiger partial charge in [-0.05, 0) is 31.9 Å². The second-order valence-electron chi connectivity index (χ2n) is 5.50. The van der Waals surface area contributed by atoms with Crippen LogP contribution in [-0.2, 0) is 14.8 Å². The number of nitrogens with one attached hydrogen (secondary N) is 1. The summed E-state index contributed by atoms with van der Waals surface area (Å²) in [7, 11) is -2.10. The highest BCUT2D eigenvalue weighted by molar-refractivity contribution is 7.89. The summed E-state index contributed by atoms with van der Waals surface area (Å²) in [5.74, 6) is 0.0968. The molecule has 1 aliphatic rings. The van der Waals surface area contributed by atoms with Gasteiger partial charge in [-0.1, -0.05) is 6.42 Å². The Morgan fingerprint density at radius 1 is 1.36 bits per heavy atom. The number of carbonyl (C=O) groups is 1. The second kappa shape index (κ2) is 6.66. The lowest BCUT2D eigenvalue weighted by atomic mass is 10.1. The van der Waals surface area contributed by atoms with E-state index in [1.165, 1.54) is 26.2 Å². The molecule has 0 aromatic heterocycles. The Balaban J connectivity index is 2.37. The molecule has 1 fully saturated rings. The van der Waals surface area contributed by atoms with Gasteiger partial charge in [-0.15, -0.1) is 0 Å². The fourth-order valence-electron chi connectivity index (χ4n) is 2.69. The minimum absolute atomic E-state index is 0.000217. The summed E-state index contributed by atoms with van der Waals surface area (Å²) >= 11 is 0. The molecule has 1 aliphatic heterocycles. The molecule has 1 saturated heterocycles. The molecule has 1 aromatic carbocycles. The predicted octanol–water partition coefficient (Wildman–Crippen LogP) is 2.22. The van der Waals surface area contributed by atoms with Gasteiger partial charge in [0.1, 0.15) is 5.75 Å². The molecule has 1 heterocycles. The fourth-order valence-corrected chi connectivity index (χ4v) is 4.40. The van der Waals surface area contributed by atoms with Crippen LogP contribution in [0.4, 0.5) is 5.69 Å². The first kappa shape index (κ1) is 16.8. The third kappa shape index (κ3) is 3.41. The van der Waals surface area contributed by atoms with Gasteiger partial charge in [0.05, 0.1) is 17.7 Å². The Morgan fingerprint density at radius 2 is 2.09 bits per heavy atom. The highest BCUT2D eigenvalue weighted by Crippen LogP contribution is 2.31. The molecule has 22 heavy (non-hydrogen) atoms. The molecule has 122 valence electrons. The van der Waals surface area contributed by atoms with Crippen LogP contribution in [0.25, 0.3) is 0 Å². The summed E-state index contributed by atoms with van der Waals surface area (Å²) in [6, 6.07) is 4.52. The van der Waals surface area contributed by atoms with Crippen LogP contribution in [0.15, 0.2) is 23.1 Å². The van der Waals surface area contributed by atoms with Crippen molar-refractivity contribution in [1.29, 1.82) is 0 Å². The molecule has 0 saturated carbocycles. The monoisotopic (exact) mass is 326 g/mol. The minimum Gasteiger partial charge on any atom is -0.495 e. The van der Waals surface area contributed by atoms with Gasteiger partial charge >= 0.3 is 0 Å². The molecule has 0 bridgehead atoms. The van der Waals surface area contributed by atoms with Gasteiger partial charge in [0.25, 0.3) is 0 Å². The molecule has 1 atom stereocenters. The maximum atomic E-state index is 12.8. The van der Waals surface area contributed by atoms with Crippen molar-refractivity contribution < 1.29 is 17.9 Å². The van der Waals surface area contributed by atoms with Crippen molar-refractivity contribution in [1.82, 2.24) is 4.31 Å². The summed E-state index contributed by atoms with van der Waals surface area (Å²) in [6.07, 6.45) is 2.81. The number of benzene rings is 1. The fraction of sp³-hybridized carbons (Fsp3) is 0.533. The average Bonchev–Trinajstić information content (AvgIpc) is 2.47. The van der Waals surface area contributed by atoms with Crippen LogP contribution in [0.5, 0.6) is 5.75 Å². The first-order valence-electron chi connectivity index (χ1n) is 7.33. The number of nitrogens with zero attached hydrogens (tertiary/aromatic N) is 1. The van der Waals surface area contributed by atoms with Crippen LogP contribution in [0.2, 0.25) is 0 Å². The van der Waals surface area contributed by atoms with Crippen molar-refractivity contribution in [3.05, 3.63) is 18.2 Å². The van der Waals surface area contributed by atoms with E-state index in [1.807, 2.05) is 6.92 Å². The van der Waals surface area contributed by atoms with E-state index in [2.05, 4.69) is 5.32 Å². The molecule has 6 nitrogen and oxygen atoms in total. The molecule has 0 aliphatic carbocycles. The molecule has 1 unspecified atom stereocenters. The summed E-state index contributed by atoms with van der Waals surface area (Å²) in [6.45, 7) is 3.86. The van der Waals surface area contributed by atoms with Gasteiger partial charge < -0.3 is 10.1 Å². The molecule has 7 heteroatoms. The molecule has 0 spiro atoms. The largest absolute Gasteiger partial charge is 0.495 e. The van der Waals surface area contributed by atoms with Crippen molar-refractivity contribution in [2.24, 2.45) is 0 Å². The number of rotatable bonds is 4. The highest BCUT2D eigenvalue weighted by atomic mass is 32.2. The Kier molecular flexibility index (Phi) is 5.08. The maximum absolute atomic E-state index is 12.8. The van der Waals surface area contributed by atoms with Crippen molar-refractivity contribution in [2.75, 3.05) is 19.0 Å². The van der Waals surface area contributed by atoms with Crippen molar-refractivity contribution in [3.8, 4) is 5.75 Å². The van der Waals surface area contributed by atoms with Gasteiger partial charge in [0.2, 0.25) is 15.9 Å². The molecule has 2 rings (SSSR count). The standard InChI is InChI=1S/C15H22N2O4S/c1-11-6-4-5-9-17(11)22(19,20)13-7-8-14(16-12(2)18)15(10-13)21-3/h7-8,10-11H,4-6,9H2,1-3H3,(H,16,18). The Hall–Kier alpha value is -1.60. The van der Waals surface area contributed by atoms with E-state index in [0.717, 1.165) is 19.3 Å². The van der Waals surface area contributed by atoms with E-state index in [4.69, 9.17) is 4.74 Å². The lowest BCUT2D eigenvalue weighted by molar-refractivity contribution is -0.114. The number of carbonyl (C=O) groups excluding carboxylic acids is 1. The Morgan fingerprint density at radius 3 is 2.68 bits per heavy atom. The van der Waals surface area contributed by atoms with E-state index in [-0.39, 0.29) is 16.8 Å². The second-order valence-corrected chi connectivity index (χ2v) is 7.39. The number of amides is 1. The van der Waals surface area contributed by atoms with E-state index >= 15 is 0 Å². The zero-order chi connectivity index (χ0) is 16.3. The maximum Gasteiger partial charge on any atom is 0.243 e. The van der Waals surface area contributed by atoms with Crippen molar-refractivity contribution in [3.63, 3.8) is 0 Å². The van der Waals surface area contributed by atoms with Crippen molar-refractivity contribution >= 4 is 21.6 Å². The number of piperidine rings is 1. The number of sulfonamides is 1. The number of methoxy groups -OCH3 is 1. The van der Waals surface area contributed by atoms with Crippen LogP contribution in [-0.4, -0.2) is 38.3 Å². The first-order chi connectivity index (χ1) is 10.4. The number of anilines is 1. The summed E-state index contributed by atoms with van der Waals surface area (Å²) in [5, 5.41) is 2.62. The molecule has 1 amide bonds. The first-order valence-corrected chi connectivity index (χ1v) is 8.77. The quantitative estimate of drug-likeness (QED) is 0.920. The zero-order valence-electron chi connectivity index (χ0n) is 13.1. The zero-order valence-corrected chi connectivity index (χ0v) is 13.9. The Labute approximate surface area is 131 Å².